The topological polar surface area (TPSA) is 90.3 Å². The Balaban J connectivity index is 1.73. The average Bonchev–Trinajstić information content (AvgIpc) is 3.03. The Morgan fingerprint density at radius 1 is 1.06 bits per heavy atom. The van der Waals surface area contributed by atoms with Gasteiger partial charge in [-0.15, -0.1) is 0 Å². The second-order valence-electron chi connectivity index (χ2n) is 7.55. The number of benzene rings is 2. The minimum absolute atomic E-state index is 0.0000926. The Labute approximate surface area is 185 Å². The highest BCUT2D eigenvalue weighted by atomic mass is 35.5. The molecule has 2 aliphatic rings. The minimum Gasteiger partial charge on any atom is -0.508 e. The number of likely N-dealkylation sites (tertiary alicyclic amines) is 1. The summed E-state index contributed by atoms with van der Waals surface area (Å²) in [5.41, 5.74) is 0.942. The lowest BCUT2D eigenvalue weighted by Crippen LogP contribution is -2.42. The first-order valence-corrected chi connectivity index (χ1v) is 10.5. The monoisotopic (exact) mass is 442 g/mol. The van der Waals surface area contributed by atoms with Crippen molar-refractivity contribution < 1.29 is 24.5 Å². The summed E-state index contributed by atoms with van der Waals surface area (Å²) in [7, 11) is 0. The zero-order valence-corrected chi connectivity index (χ0v) is 17.6. The summed E-state index contributed by atoms with van der Waals surface area (Å²) >= 11 is 5.94. The molecule has 1 amide bonds. The van der Waals surface area contributed by atoms with Crippen LogP contribution in [0.15, 0.2) is 54.1 Å². The number of carbonyl (C=O) groups is 2. The fraction of sp³-hybridized carbons (Fsp3) is 0.304. The number of Topliss-reactive ketones (excluding diaryl/α,β-unsaturated/α-hetero) is 1. The number of ketones is 1. The molecule has 8 heteroatoms. The molecule has 7 nitrogen and oxygen atoms in total. The molecule has 0 aliphatic carbocycles. The van der Waals surface area contributed by atoms with Gasteiger partial charge in [0.2, 0.25) is 0 Å². The summed E-state index contributed by atoms with van der Waals surface area (Å²) < 4.78 is 5.37. The van der Waals surface area contributed by atoms with E-state index in [1.807, 2.05) is 0 Å². The first-order chi connectivity index (χ1) is 15.0. The van der Waals surface area contributed by atoms with Crippen molar-refractivity contribution in [1.82, 2.24) is 9.80 Å². The molecule has 4 rings (SSSR count). The standard InChI is InChI=1S/C23H23ClN2O5/c24-17-6-4-15(5-7-17)21(28)19-20(16-2-1-3-18(27)14-16)26(23(30)22(19)29)9-8-25-10-12-31-13-11-25/h1-7,14,20,27-28H,8-13H2. The normalized spacial score (nSPS) is 21.6. The number of phenols is 1. The second-order valence-corrected chi connectivity index (χ2v) is 7.98. The summed E-state index contributed by atoms with van der Waals surface area (Å²) in [5, 5.41) is 21.5. The van der Waals surface area contributed by atoms with Crippen LogP contribution >= 0.6 is 11.6 Å². The van der Waals surface area contributed by atoms with Gasteiger partial charge >= 0.3 is 0 Å². The highest BCUT2D eigenvalue weighted by Gasteiger charge is 2.46. The van der Waals surface area contributed by atoms with Crippen LogP contribution in [0.25, 0.3) is 5.76 Å². The Hall–Kier alpha value is -2.87. The van der Waals surface area contributed by atoms with Crippen molar-refractivity contribution in [2.24, 2.45) is 0 Å². The molecule has 0 spiro atoms. The first-order valence-electron chi connectivity index (χ1n) is 10.1. The Morgan fingerprint density at radius 3 is 2.45 bits per heavy atom. The van der Waals surface area contributed by atoms with Crippen molar-refractivity contribution >= 4 is 29.1 Å². The van der Waals surface area contributed by atoms with Crippen LogP contribution in [0.5, 0.6) is 5.75 Å². The molecule has 2 N–H and O–H groups in total. The molecular weight excluding hydrogens is 420 g/mol. The molecule has 31 heavy (non-hydrogen) atoms. The number of aliphatic hydroxyl groups is 1. The van der Waals surface area contributed by atoms with Gasteiger partial charge in [0.15, 0.2) is 0 Å². The van der Waals surface area contributed by atoms with Crippen LogP contribution in [-0.4, -0.2) is 71.1 Å². The van der Waals surface area contributed by atoms with Crippen LogP contribution in [0, 0.1) is 0 Å². The molecule has 0 bridgehead atoms. The summed E-state index contributed by atoms with van der Waals surface area (Å²) in [5.74, 6) is -1.67. The maximum atomic E-state index is 13.0. The number of morpholine rings is 1. The number of ether oxygens (including phenoxy) is 1. The molecule has 2 aromatic carbocycles. The first kappa shape index (κ1) is 21.4. The Morgan fingerprint density at radius 2 is 1.77 bits per heavy atom. The molecule has 162 valence electrons. The minimum atomic E-state index is -0.802. The zero-order valence-electron chi connectivity index (χ0n) is 16.8. The van der Waals surface area contributed by atoms with Crippen molar-refractivity contribution in [3.8, 4) is 5.75 Å². The summed E-state index contributed by atoms with van der Waals surface area (Å²) in [4.78, 5) is 29.6. The van der Waals surface area contributed by atoms with E-state index in [4.69, 9.17) is 16.3 Å². The molecule has 2 fully saturated rings. The molecule has 0 aromatic heterocycles. The highest BCUT2D eigenvalue weighted by molar-refractivity contribution is 6.46. The van der Waals surface area contributed by atoms with Gasteiger partial charge in [0.1, 0.15) is 11.5 Å². The van der Waals surface area contributed by atoms with Gasteiger partial charge in [-0.1, -0.05) is 23.7 Å². The number of phenolic OH excluding ortho intramolecular Hbond substituents is 1. The van der Waals surface area contributed by atoms with Gasteiger partial charge in [-0.25, -0.2) is 0 Å². The summed E-state index contributed by atoms with van der Waals surface area (Å²) in [6, 6.07) is 12.0. The molecule has 2 saturated heterocycles. The highest BCUT2D eigenvalue weighted by Crippen LogP contribution is 2.40. The van der Waals surface area contributed by atoms with E-state index in [1.165, 1.54) is 17.0 Å². The number of hydrogen-bond donors (Lipinski definition) is 2. The van der Waals surface area contributed by atoms with Gasteiger partial charge in [-0.3, -0.25) is 14.5 Å². The third-order valence-electron chi connectivity index (χ3n) is 5.60. The van der Waals surface area contributed by atoms with E-state index < -0.39 is 17.7 Å². The summed E-state index contributed by atoms with van der Waals surface area (Å²) in [6.07, 6.45) is 0. The predicted molar refractivity (Wildman–Crippen MR) is 116 cm³/mol. The SMILES string of the molecule is O=C1C(=O)N(CCN2CCOCC2)C(c2cccc(O)c2)C1=C(O)c1ccc(Cl)cc1. The number of halogens is 1. The molecule has 0 radical (unpaired) electrons. The van der Waals surface area contributed by atoms with Gasteiger partial charge < -0.3 is 19.8 Å². The van der Waals surface area contributed by atoms with Gasteiger partial charge in [-0.05, 0) is 42.0 Å². The molecule has 2 aromatic rings. The zero-order chi connectivity index (χ0) is 22.0. The van der Waals surface area contributed by atoms with E-state index in [9.17, 15) is 19.8 Å². The van der Waals surface area contributed by atoms with E-state index in [2.05, 4.69) is 4.90 Å². The van der Waals surface area contributed by atoms with Crippen LogP contribution in [0.2, 0.25) is 5.02 Å². The van der Waals surface area contributed by atoms with Crippen molar-refractivity contribution in [2.75, 3.05) is 39.4 Å². The molecule has 1 unspecified atom stereocenters. The van der Waals surface area contributed by atoms with Gasteiger partial charge in [-0.2, -0.15) is 0 Å². The number of nitrogens with zero attached hydrogens (tertiary/aromatic N) is 2. The van der Waals surface area contributed by atoms with Crippen LogP contribution in [-0.2, 0) is 14.3 Å². The number of carbonyl (C=O) groups excluding carboxylic acids is 2. The lowest BCUT2D eigenvalue weighted by molar-refractivity contribution is -0.140. The largest absolute Gasteiger partial charge is 0.508 e. The van der Waals surface area contributed by atoms with Gasteiger partial charge in [0.05, 0.1) is 24.8 Å². The lowest BCUT2D eigenvalue weighted by atomic mass is 9.95. The Bertz CT molecular complexity index is 1010. The lowest BCUT2D eigenvalue weighted by Gasteiger charge is -2.31. The smallest absolute Gasteiger partial charge is 0.295 e. The second kappa shape index (κ2) is 9.09. The van der Waals surface area contributed by atoms with E-state index in [-0.39, 0.29) is 17.1 Å². The fourth-order valence-corrected chi connectivity index (χ4v) is 4.12. The van der Waals surface area contributed by atoms with E-state index in [0.717, 1.165) is 13.1 Å². The molecule has 1 atom stereocenters. The predicted octanol–water partition coefficient (Wildman–Crippen LogP) is 2.80. The maximum absolute atomic E-state index is 13.0. The maximum Gasteiger partial charge on any atom is 0.295 e. The fourth-order valence-electron chi connectivity index (χ4n) is 3.99. The number of rotatable bonds is 5. The van der Waals surface area contributed by atoms with Gasteiger partial charge in [0, 0.05) is 36.8 Å². The molecular formula is C23H23ClN2O5. The van der Waals surface area contributed by atoms with Crippen molar-refractivity contribution in [2.45, 2.75) is 6.04 Å². The van der Waals surface area contributed by atoms with E-state index >= 15 is 0 Å². The number of hydrogen-bond acceptors (Lipinski definition) is 6. The van der Waals surface area contributed by atoms with Crippen LogP contribution in [0.3, 0.4) is 0 Å². The van der Waals surface area contributed by atoms with Crippen molar-refractivity contribution in [3.63, 3.8) is 0 Å². The van der Waals surface area contributed by atoms with Crippen molar-refractivity contribution in [1.29, 1.82) is 0 Å². The molecule has 2 heterocycles. The molecule has 2 aliphatic heterocycles. The molecule has 0 saturated carbocycles. The summed E-state index contributed by atoms with van der Waals surface area (Å²) in [6.45, 7) is 3.66. The third-order valence-corrected chi connectivity index (χ3v) is 5.86. The number of aromatic hydroxyl groups is 1. The van der Waals surface area contributed by atoms with E-state index in [1.54, 1.807) is 36.4 Å². The number of aliphatic hydroxyl groups excluding tert-OH is 1. The number of amides is 1. The average molecular weight is 443 g/mol. The van der Waals surface area contributed by atoms with Crippen LogP contribution in [0.4, 0.5) is 0 Å². The van der Waals surface area contributed by atoms with Crippen LogP contribution < -0.4 is 0 Å². The Kier molecular flexibility index (Phi) is 6.27. The van der Waals surface area contributed by atoms with E-state index in [0.29, 0.717) is 42.5 Å². The van der Waals surface area contributed by atoms with Gasteiger partial charge in [0.25, 0.3) is 11.7 Å². The van der Waals surface area contributed by atoms with Crippen molar-refractivity contribution in [3.05, 3.63) is 70.3 Å². The third kappa shape index (κ3) is 4.44. The van der Waals surface area contributed by atoms with Crippen LogP contribution in [0.1, 0.15) is 17.2 Å². The quantitative estimate of drug-likeness (QED) is 0.420.